The molecule has 0 aliphatic carbocycles. The summed E-state index contributed by atoms with van der Waals surface area (Å²) in [6.45, 7) is 1.89. The Morgan fingerprint density at radius 2 is 2.20 bits per heavy atom. The van der Waals surface area contributed by atoms with Crippen molar-refractivity contribution in [2.75, 3.05) is 0 Å². The lowest BCUT2D eigenvalue weighted by atomic mass is 9.94. The fraction of sp³-hybridized carbons (Fsp3) is 0.364. The average molecular weight is 247 g/mol. The molecule has 0 saturated carbocycles. The van der Waals surface area contributed by atoms with Crippen LogP contribution in [0.2, 0.25) is 5.02 Å². The fourth-order valence-corrected chi connectivity index (χ4v) is 1.95. The Labute approximate surface area is 98.8 Å². The van der Waals surface area contributed by atoms with E-state index in [2.05, 4.69) is 0 Å². The number of halogens is 2. The van der Waals surface area contributed by atoms with E-state index < -0.39 is 10.8 Å². The number of benzene rings is 1. The van der Waals surface area contributed by atoms with Gasteiger partial charge in [-0.3, -0.25) is 0 Å². The molecule has 1 aromatic carbocycles. The second-order valence-corrected chi connectivity index (χ2v) is 4.45. The van der Waals surface area contributed by atoms with Crippen LogP contribution in [0.5, 0.6) is 0 Å². The van der Waals surface area contributed by atoms with Crippen molar-refractivity contribution < 1.29 is 9.90 Å². The van der Waals surface area contributed by atoms with E-state index in [1.165, 1.54) is 0 Å². The maximum atomic E-state index is 11.1. The molecule has 0 aliphatic rings. The number of hydrogen-bond donors (Lipinski definition) is 1. The van der Waals surface area contributed by atoms with Crippen molar-refractivity contribution in [3.8, 4) is 0 Å². The molecular weight excluding hydrogens is 235 g/mol. The third-order valence-corrected chi connectivity index (χ3v) is 3.02. The molecule has 0 radical (unpaired) electrons. The molecule has 2 nitrogen and oxygen atoms in total. The van der Waals surface area contributed by atoms with Crippen molar-refractivity contribution >= 4 is 29.2 Å². The van der Waals surface area contributed by atoms with Crippen LogP contribution in [0.3, 0.4) is 0 Å². The lowest BCUT2D eigenvalue weighted by molar-refractivity contribution is -0.140. The molecule has 0 spiro atoms. The normalized spacial score (nSPS) is 14.6. The van der Waals surface area contributed by atoms with Gasteiger partial charge in [0.05, 0.1) is 0 Å². The smallest absolute Gasteiger partial charge is 0.329 e. The molecule has 0 saturated heterocycles. The molecule has 82 valence electrons. The first-order chi connectivity index (χ1) is 7.00. The van der Waals surface area contributed by atoms with Gasteiger partial charge >= 0.3 is 5.97 Å². The van der Waals surface area contributed by atoms with Crippen LogP contribution < -0.4 is 0 Å². The third-order valence-electron chi connectivity index (χ3n) is 2.22. The molecule has 1 unspecified atom stereocenters. The molecule has 4 heteroatoms. The molecule has 0 bridgehead atoms. The topological polar surface area (TPSA) is 37.3 Å². The summed E-state index contributed by atoms with van der Waals surface area (Å²) >= 11 is 11.9. The van der Waals surface area contributed by atoms with Crippen LogP contribution in [-0.2, 0) is 9.67 Å². The number of aliphatic carboxylic acids is 1. The number of carbonyl (C=O) groups is 1. The van der Waals surface area contributed by atoms with E-state index in [1.807, 2.05) is 6.92 Å². The zero-order valence-electron chi connectivity index (χ0n) is 8.34. The molecule has 15 heavy (non-hydrogen) atoms. The highest BCUT2D eigenvalue weighted by Gasteiger charge is 2.37. The van der Waals surface area contributed by atoms with Crippen molar-refractivity contribution in [2.45, 2.75) is 24.6 Å². The summed E-state index contributed by atoms with van der Waals surface area (Å²) in [6, 6.07) is 6.67. The number of hydrogen-bond acceptors (Lipinski definition) is 1. The molecular formula is C11H12Cl2O2. The standard InChI is InChI=1S/C11H12Cl2O2/c1-2-6-11(13,10(14)15)8-4-3-5-9(12)7-8/h3-5,7H,2,6H2,1H3,(H,14,15). The molecule has 1 aromatic rings. The van der Waals surface area contributed by atoms with Crippen molar-refractivity contribution in [1.29, 1.82) is 0 Å². The van der Waals surface area contributed by atoms with E-state index in [1.54, 1.807) is 24.3 Å². The maximum absolute atomic E-state index is 11.1. The van der Waals surface area contributed by atoms with Gasteiger partial charge in [0, 0.05) is 5.02 Å². The van der Waals surface area contributed by atoms with Gasteiger partial charge in [-0.25, -0.2) is 4.79 Å². The monoisotopic (exact) mass is 246 g/mol. The number of rotatable bonds is 4. The van der Waals surface area contributed by atoms with Crippen molar-refractivity contribution in [3.05, 3.63) is 34.9 Å². The third kappa shape index (κ3) is 2.64. The highest BCUT2D eigenvalue weighted by Crippen LogP contribution is 2.35. The quantitative estimate of drug-likeness (QED) is 0.824. The van der Waals surface area contributed by atoms with Crippen LogP contribution in [-0.4, -0.2) is 11.1 Å². The fourth-order valence-electron chi connectivity index (χ4n) is 1.45. The van der Waals surface area contributed by atoms with Crippen molar-refractivity contribution in [2.24, 2.45) is 0 Å². The number of carboxylic acid groups (broad SMARTS) is 1. The van der Waals surface area contributed by atoms with Gasteiger partial charge in [-0.15, -0.1) is 11.6 Å². The van der Waals surface area contributed by atoms with Gasteiger partial charge in [-0.1, -0.05) is 37.1 Å². The van der Waals surface area contributed by atoms with Crippen LogP contribution in [0, 0.1) is 0 Å². The van der Waals surface area contributed by atoms with Crippen molar-refractivity contribution in [3.63, 3.8) is 0 Å². The van der Waals surface area contributed by atoms with E-state index >= 15 is 0 Å². The summed E-state index contributed by atoms with van der Waals surface area (Å²) in [6.07, 6.45) is 1.08. The summed E-state index contributed by atoms with van der Waals surface area (Å²) in [5.74, 6) is -1.03. The SMILES string of the molecule is CCCC(Cl)(C(=O)O)c1cccc(Cl)c1. The first-order valence-electron chi connectivity index (χ1n) is 4.69. The minimum Gasteiger partial charge on any atom is -0.480 e. The summed E-state index contributed by atoms with van der Waals surface area (Å²) in [5.41, 5.74) is 0.533. The minimum atomic E-state index is -1.36. The molecule has 0 heterocycles. The van der Waals surface area contributed by atoms with Gasteiger partial charge in [0.1, 0.15) is 0 Å². The minimum absolute atomic E-state index is 0.379. The van der Waals surface area contributed by atoms with Crippen LogP contribution in [0.25, 0.3) is 0 Å². The molecule has 1 atom stereocenters. The van der Waals surface area contributed by atoms with E-state index in [9.17, 15) is 4.79 Å². The van der Waals surface area contributed by atoms with Gasteiger partial charge in [-0.2, -0.15) is 0 Å². The number of carboxylic acids is 1. The summed E-state index contributed by atoms with van der Waals surface area (Å²) in [5, 5.41) is 9.63. The summed E-state index contributed by atoms with van der Waals surface area (Å²) in [4.78, 5) is 9.79. The lowest BCUT2D eigenvalue weighted by Gasteiger charge is -2.22. The summed E-state index contributed by atoms with van der Waals surface area (Å²) in [7, 11) is 0. The Kier molecular flexibility index (Phi) is 4.00. The van der Waals surface area contributed by atoms with Gasteiger partial charge in [-0.05, 0) is 24.1 Å². The van der Waals surface area contributed by atoms with Crippen LogP contribution in [0.15, 0.2) is 24.3 Å². The predicted molar refractivity (Wildman–Crippen MR) is 61.5 cm³/mol. The first kappa shape index (κ1) is 12.3. The largest absolute Gasteiger partial charge is 0.480 e. The Morgan fingerprint density at radius 1 is 1.53 bits per heavy atom. The maximum Gasteiger partial charge on any atom is 0.329 e. The average Bonchev–Trinajstić information content (AvgIpc) is 2.17. The zero-order valence-corrected chi connectivity index (χ0v) is 9.85. The van der Waals surface area contributed by atoms with Crippen molar-refractivity contribution in [1.82, 2.24) is 0 Å². The molecule has 0 aliphatic heterocycles. The second-order valence-electron chi connectivity index (χ2n) is 3.37. The molecule has 0 amide bonds. The van der Waals surface area contributed by atoms with E-state index in [0.717, 1.165) is 0 Å². The predicted octanol–water partition coefficient (Wildman–Crippen LogP) is 3.66. The Balaban J connectivity index is 3.15. The molecule has 1 N–H and O–H groups in total. The van der Waals surface area contributed by atoms with Gasteiger partial charge < -0.3 is 5.11 Å². The highest BCUT2D eigenvalue weighted by molar-refractivity contribution is 6.34. The lowest BCUT2D eigenvalue weighted by Crippen LogP contribution is -2.29. The van der Waals surface area contributed by atoms with Crippen LogP contribution in [0.4, 0.5) is 0 Å². The second kappa shape index (κ2) is 4.86. The highest BCUT2D eigenvalue weighted by atomic mass is 35.5. The molecule has 0 aromatic heterocycles. The molecule has 0 fully saturated rings. The van der Waals surface area contributed by atoms with Gasteiger partial charge in [0.25, 0.3) is 0 Å². The van der Waals surface area contributed by atoms with Crippen LogP contribution in [0.1, 0.15) is 25.3 Å². The first-order valence-corrected chi connectivity index (χ1v) is 5.44. The van der Waals surface area contributed by atoms with E-state index in [4.69, 9.17) is 28.3 Å². The molecule has 1 rings (SSSR count). The number of alkyl halides is 1. The Bertz CT molecular complexity index is 365. The van der Waals surface area contributed by atoms with E-state index in [0.29, 0.717) is 23.4 Å². The Morgan fingerprint density at radius 3 is 2.67 bits per heavy atom. The van der Waals surface area contributed by atoms with Crippen LogP contribution >= 0.6 is 23.2 Å². The van der Waals surface area contributed by atoms with E-state index in [-0.39, 0.29) is 0 Å². The van der Waals surface area contributed by atoms with Gasteiger partial charge in [0.15, 0.2) is 4.87 Å². The van der Waals surface area contributed by atoms with Gasteiger partial charge in [0.2, 0.25) is 0 Å². The summed E-state index contributed by atoms with van der Waals surface area (Å²) < 4.78 is 0. The Hall–Kier alpha value is -0.730. The zero-order chi connectivity index (χ0) is 11.5.